The van der Waals surface area contributed by atoms with Crippen LogP contribution in [-0.4, -0.2) is 66.0 Å². The first-order valence-corrected chi connectivity index (χ1v) is 8.42. The Bertz CT molecular complexity index is 589. The lowest BCUT2D eigenvalue weighted by molar-refractivity contribution is -0.136. The van der Waals surface area contributed by atoms with Gasteiger partial charge in [-0.15, -0.1) is 0 Å². The predicted octanol–water partition coefficient (Wildman–Crippen LogP) is 1.91. The standard InChI is InChI=1S/C14H20F3NO5S/c1-21-8-7-18(11-14(15,16)17)24(19,20)13-5-3-12(4-6-13)23-10-9-22-2/h3-6H,7-11H2,1-2H3. The normalized spacial score (nSPS) is 12.6. The highest BCUT2D eigenvalue weighted by atomic mass is 32.2. The minimum atomic E-state index is -4.65. The number of methoxy groups -OCH3 is 2. The van der Waals surface area contributed by atoms with Gasteiger partial charge >= 0.3 is 6.18 Å². The third-order valence-electron chi connectivity index (χ3n) is 2.92. The molecule has 0 spiro atoms. The Morgan fingerprint density at radius 3 is 2.08 bits per heavy atom. The maximum atomic E-state index is 12.6. The van der Waals surface area contributed by atoms with E-state index in [1.54, 1.807) is 0 Å². The van der Waals surface area contributed by atoms with Crippen LogP contribution < -0.4 is 4.74 Å². The van der Waals surface area contributed by atoms with Gasteiger partial charge in [0.25, 0.3) is 0 Å². The molecule has 0 aliphatic heterocycles. The lowest BCUT2D eigenvalue weighted by Crippen LogP contribution is -2.40. The first kappa shape index (κ1) is 20.7. The van der Waals surface area contributed by atoms with Gasteiger partial charge in [0.05, 0.1) is 18.1 Å². The largest absolute Gasteiger partial charge is 0.491 e. The Kier molecular flexibility index (Phi) is 7.94. The average Bonchev–Trinajstić information content (AvgIpc) is 2.51. The topological polar surface area (TPSA) is 65.1 Å². The molecule has 0 atom stereocenters. The van der Waals surface area contributed by atoms with Gasteiger partial charge in [-0.2, -0.15) is 17.5 Å². The van der Waals surface area contributed by atoms with Crippen LogP contribution in [0.1, 0.15) is 0 Å². The monoisotopic (exact) mass is 371 g/mol. The molecule has 24 heavy (non-hydrogen) atoms. The summed E-state index contributed by atoms with van der Waals surface area (Å²) >= 11 is 0. The zero-order valence-electron chi connectivity index (χ0n) is 13.4. The van der Waals surface area contributed by atoms with Gasteiger partial charge in [0.15, 0.2) is 0 Å². The number of sulfonamides is 1. The summed E-state index contributed by atoms with van der Waals surface area (Å²) in [6.07, 6.45) is -4.65. The SMILES string of the molecule is COCCOc1ccc(S(=O)(=O)N(CCOC)CC(F)(F)F)cc1. The van der Waals surface area contributed by atoms with E-state index in [1.165, 1.54) is 38.5 Å². The molecule has 1 aromatic carbocycles. The Morgan fingerprint density at radius 2 is 1.58 bits per heavy atom. The number of nitrogens with zero attached hydrogens (tertiary/aromatic N) is 1. The Hall–Kier alpha value is -1.36. The fourth-order valence-corrected chi connectivity index (χ4v) is 3.19. The van der Waals surface area contributed by atoms with Crippen LogP contribution in [0.5, 0.6) is 5.75 Å². The molecule has 0 aliphatic carbocycles. The smallest absolute Gasteiger partial charge is 0.402 e. The molecule has 0 unspecified atom stereocenters. The molecule has 0 fully saturated rings. The number of rotatable bonds is 10. The van der Waals surface area contributed by atoms with E-state index in [0.29, 0.717) is 16.7 Å². The molecule has 0 aromatic heterocycles. The van der Waals surface area contributed by atoms with E-state index in [1.807, 2.05) is 0 Å². The van der Waals surface area contributed by atoms with Gasteiger partial charge in [-0.05, 0) is 24.3 Å². The summed E-state index contributed by atoms with van der Waals surface area (Å²) in [6.45, 7) is -1.49. The summed E-state index contributed by atoms with van der Waals surface area (Å²) in [5.74, 6) is 0.394. The van der Waals surface area contributed by atoms with Gasteiger partial charge < -0.3 is 14.2 Å². The molecular weight excluding hydrogens is 351 g/mol. The van der Waals surface area contributed by atoms with Crippen molar-refractivity contribution in [3.8, 4) is 5.75 Å². The second kappa shape index (κ2) is 9.21. The second-order valence-corrected chi connectivity index (χ2v) is 6.70. The highest BCUT2D eigenvalue weighted by Gasteiger charge is 2.36. The molecule has 0 aliphatic rings. The van der Waals surface area contributed by atoms with Crippen LogP contribution in [0.3, 0.4) is 0 Å². The van der Waals surface area contributed by atoms with Crippen LogP contribution in [0, 0.1) is 0 Å². The van der Waals surface area contributed by atoms with Crippen molar-refractivity contribution in [2.75, 3.05) is 47.1 Å². The molecular formula is C14H20F3NO5S. The summed E-state index contributed by atoms with van der Waals surface area (Å²) in [5, 5.41) is 0. The lowest BCUT2D eigenvalue weighted by atomic mass is 10.3. The van der Waals surface area contributed by atoms with Crippen LogP contribution in [-0.2, 0) is 19.5 Å². The van der Waals surface area contributed by atoms with E-state index >= 15 is 0 Å². The van der Waals surface area contributed by atoms with E-state index in [0.717, 1.165) is 0 Å². The lowest BCUT2D eigenvalue weighted by Gasteiger charge is -2.23. The predicted molar refractivity (Wildman–Crippen MR) is 80.5 cm³/mol. The zero-order chi connectivity index (χ0) is 18.2. The third kappa shape index (κ3) is 6.63. The summed E-state index contributed by atoms with van der Waals surface area (Å²) < 4.78 is 77.8. The van der Waals surface area contributed by atoms with Crippen LogP contribution in [0.25, 0.3) is 0 Å². The maximum Gasteiger partial charge on any atom is 0.402 e. The maximum absolute atomic E-state index is 12.6. The molecule has 0 heterocycles. The molecule has 0 N–H and O–H groups in total. The number of hydrogen-bond donors (Lipinski definition) is 0. The van der Waals surface area contributed by atoms with Gasteiger partial charge in [0, 0.05) is 20.8 Å². The summed E-state index contributed by atoms with van der Waals surface area (Å²) in [7, 11) is -1.50. The van der Waals surface area contributed by atoms with Crippen molar-refractivity contribution in [2.24, 2.45) is 0 Å². The molecule has 0 saturated carbocycles. The molecule has 10 heteroatoms. The van der Waals surface area contributed by atoms with E-state index < -0.39 is 29.3 Å². The van der Waals surface area contributed by atoms with Crippen LogP contribution >= 0.6 is 0 Å². The van der Waals surface area contributed by atoms with E-state index in [4.69, 9.17) is 9.47 Å². The van der Waals surface area contributed by atoms with Gasteiger partial charge in [0.2, 0.25) is 10.0 Å². The molecule has 6 nitrogen and oxygen atoms in total. The molecule has 0 saturated heterocycles. The van der Waals surface area contributed by atoms with E-state index in [2.05, 4.69) is 4.74 Å². The van der Waals surface area contributed by atoms with Crippen molar-refractivity contribution >= 4 is 10.0 Å². The highest BCUT2D eigenvalue weighted by molar-refractivity contribution is 7.89. The summed E-state index contributed by atoms with van der Waals surface area (Å²) in [6, 6.07) is 5.16. The minimum Gasteiger partial charge on any atom is -0.491 e. The van der Waals surface area contributed by atoms with Crippen molar-refractivity contribution in [1.82, 2.24) is 4.31 Å². The fraction of sp³-hybridized carbons (Fsp3) is 0.571. The Morgan fingerprint density at radius 1 is 1.00 bits per heavy atom. The number of hydrogen-bond acceptors (Lipinski definition) is 5. The number of alkyl halides is 3. The highest BCUT2D eigenvalue weighted by Crippen LogP contribution is 2.24. The third-order valence-corrected chi connectivity index (χ3v) is 4.78. The Balaban J connectivity index is 2.92. The first-order chi connectivity index (χ1) is 11.2. The molecule has 1 aromatic rings. The van der Waals surface area contributed by atoms with Gasteiger partial charge in [0.1, 0.15) is 18.9 Å². The van der Waals surface area contributed by atoms with Crippen molar-refractivity contribution in [3.63, 3.8) is 0 Å². The average molecular weight is 371 g/mol. The van der Waals surface area contributed by atoms with Crippen molar-refractivity contribution in [3.05, 3.63) is 24.3 Å². The van der Waals surface area contributed by atoms with Crippen LogP contribution in [0.4, 0.5) is 13.2 Å². The first-order valence-electron chi connectivity index (χ1n) is 6.98. The molecule has 1 rings (SSSR count). The number of ether oxygens (including phenoxy) is 3. The molecule has 0 radical (unpaired) electrons. The summed E-state index contributed by atoms with van der Waals surface area (Å²) in [5.41, 5.74) is 0. The molecule has 0 bridgehead atoms. The summed E-state index contributed by atoms with van der Waals surface area (Å²) in [4.78, 5) is -0.248. The van der Waals surface area contributed by atoms with E-state index in [-0.39, 0.29) is 18.1 Å². The van der Waals surface area contributed by atoms with Crippen molar-refractivity contribution < 1.29 is 35.8 Å². The fourth-order valence-electron chi connectivity index (χ4n) is 1.78. The van der Waals surface area contributed by atoms with Crippen molar-refractivity contribution in [2.45, 2.75) is 11.1 Å². The van der Waals surface area contributed by atoms with Crippen LogP contribution in [0.15, 0.2) is 29.2 Å². The van der Waals surface area contributed by atoms with Gasteiger partial charge in [-0.1, -0.05) is 0 Å². The molecule has 138 valence electrons. The van der Waals surface area contributed by atoms with Crippen molar-refractivity contribution in [1.29, 1.82) is 0 Å². The second-order valence-electron chi connectivity index (χ2n) is 4.76. The van der Waals surface area contributed by atoms with Crippen LogP contribution in [0.2, 0.25) is 0 Å². The quantitative estimate of drug-likeness (QED) is 0.588. The van der Waals surface area contributed by atoms with Gasteiger partial charge in [-0.3, -0.25) is 0 Å². The number of benzene rings is 1. The van der Waals surface area contributed by atoms with E-state index in [9.17, 15) is 21.6 Å². The van der Waals surface area contributed by atoms with Gasteiger partial charge in [-0.25, -0.2) is 8.42 Å². The number of halogens is 3. The zero-order valence-corrected chi connectivity index (χ0v) is 14.2. The minimum absolute atomic E-state index is 0.145. The molecule has 0 amide bonds. The Labute approximate surface area is 139 Å².